The molecule has 0 spiro atoms. The second kappa shape index (κ2) is 17.3. The normalized spacial score (nSPS) is 20.7. The van der Waals surface area contributed by atoms with E-state index in [2.05, 4.69) is 17.2 Å². The summed E-state index contributed by atoms with van der Waals surface area (Å²) in [6.45, 7) is 14.4. The minimum Gasteiger partial charge on any atom is -0.496 e. The summed E-state index contributed by atoms with van der Waals surface area (Å²) in [7, 11) is -0.283. The van der Waals surface area contributed by atoms with Gasteiger partial charge in [0.25, 0.3) is 5.91 Å². The third kappa shape index (κ3) is 9.62. The maximum atomic E-state index is 14.9. The van der Waals surface area contributed by atoms with Crippen LogP contribution in [0, 0.1) is 24.1 Å². The zero-order valence-corrected chi connectivity index (χ0v) is 37.9. The number of ether oxygens (including phenoxy) is 2. The van der Waals surface area contributed by atoms with Gasteiger partial charge in [-0.15, -0.1) is 17.9 Å². The molecule has 0 bridgehead atoms. The molecule has 6 rings (SSSR count). The summed E-state index contributed by atoms with van der Waals surface area (Å²) >= 11 is 1.41. The highest BCUT2D eigenvalue weighted by atomic mass is 32.2. The van der Waals surface area contributed by atoms with E-state index < -0.39 is 80.5 Å². The molecule has 2 aromatic heterocycles. The number of carbonyl (C=O) groups is 3. The van der Waals surface area contributed by atoms with Crippen molar-refractivity contribution in [2.24, 2.45) is 11.3 Å². The SMILES string of the molecule is C=C[C@@H]1C[C@]1(NC(=O)[C@@H]1C[C@@H](Oc2cc(-c3nc(C(C)C)cs3)nc3c(C)c(OC)ccc23)CN1C(=O)[C@@H](Nc1ccc(F)c(C(F)(F)F)c1)C(C)(C)C)C(=O)NS(=O)(=O)N(C)C. The molecule has 1 saturated heterocycles. The summed E-state index contributed by atoms with van der Waals surface area (Å²) in [5.41, 5.74) is -1.81. The number of aromatic nitrogens is 2. The van der Waals surface area contributed by atoms with Crippen molar-refractivity contribution >= 4 is 55.9 Å². The van der Waals surface area contributed by atoms with Crippen LogP contribution >= 0.6 is 11.3 Å². The first-order valence-corrected chi connectivity index (χ1v) is 22.4. The number of benzene rings is 2. The lowest BCUT2D eigenvalue weighted by Crippen LogP contribution is -2.59. The fraction of sp³-hybridized carbons (Fsp3) is 0.465. The van der Waals surface area contributed by atoms with Gasteiger partial charge < -0.3 is 25.0 Å². The Morgan fingerprint density at radius 3 is 2.35 bits per heavy atom. The Hall–Kier alpha value is -5.34. The zero-order chi connectivity index (χ0) is 46.6. The fourth-order valence-corrected chi connectivity index (χ4v) is 9.02. The highest BCUT2D eigenvalue weighted by Crippen LogP contribution is 2.46. The number of nitrogens with one attached hydrogen (secondary N) is 3. The van der Waals surface area contributed by atoms with Crippen LogP contribution in [0.1, 0.15) is 70.2 Å². The number of halogens is 4. The van der Waals surface area contributed by atoms with Gasteiger partial charge in [0.1, 0.15) is 51.7 Å². The Morgan fingerprint density at radius 2 is 1.78 bits per heavy atom. The first-order valence-electron chi connectivity index (χ1n) is 20.0. The van der Waals surface area contributed by atoms with Gasteiger partial charge in [-0.2, -0.15) is 25.9 Å². The predicted octanol–water partition coefficient (Wildman–Crippen LogP) is 6.82. The van der Waals surface area contributed by atoms with Gasteiger partial charge in [0.15, 0.2) is 0 Å². The number of rotatable bonds is 14. The Morgan fingerprint density at radius 1 is 1.08 bits per heavy atom. The van der Waals surface area contributed by atoms with E-state index in [0.29, 0.717) is 45.2 Å². The van der Waals surface area contributed by atoms with Crippen molar-refractivity contribution in [3.63, 3.8) is 0 Å². The summed E-state index contributed by atoms with van der Waals surface area (Å²) in [4.78, 5) is 54.1. The van der Waals surface area contributed by atoms with Gasteiger partial charge >= 0.3 is 16.4 Å². The number of amides is 3. The van der Waals surface area contributed by atoms with Gasteiger partial charge in [-0.3, -0.25) is 14.4 Å². The van der Waals surface area contributed by atoms with Crippen molar-refractivity contribution in [1.29, 1.82) is 0 Å². The lowest BCUT2D eigenvalue weighted by atomic mass is 9.85. The van der Waals surface area contributed by atoms with Crippen LogP contribution in [0.25, 0.3) is 21.6 Å². The van der Waals surface area contributed by atoms with Crippen molar-refractivity contribution in [1.82, 2.24) is 29.2 Å². The largest absolute Gasteiger partial charge is 0.496 e. The number of carbonyl (C=O) groups excluding carboxylic acids is 3. The van der Waals surface area contributed by atoms with E-state index in [1.54, 1.807) is 46.1 Å². The minimum absolute atomic E-state index is 0.0137. The van der Waals surface area contributed by atoms with Crippen LogP contribution in [-0.4, -0.2) is 96.8 Å². The van der Waals surface area contributed by atoms with E-state index in [9.17, 15) is 40.4 Å². The fourth-order valence-electron chi connectivity index (χ4n) is 7.48. The predicted molar refractivity (Wildman–Crippen MR) is 231 cm³/mol. The number of aryl methyl sites for hydroxylation is 1. The van der Waals surface area contributed by atoms with E-state index in [1.165, 1.54) is 36.4 Å². The van der Waals surface area contributed by atoms with Gasteiger partial charge in [0.05, 0.1) is 30.4 Å². The van der Waals surface area contributed by atoms with E-state index in [4.69, 9.17) is 19.4 Å². The van der Waals surface area contributed by atoms with E-state index in [-0.39, 0.29) is 31.0 Å². The molecule has 3 heterocycles. The number of hydrogen-bond acceptors (Lipinski definition) is 11. The van der Waals surface area contributed by atoms with Crippen LogP contribution in [0.3, 0.4) is 0 Å². The van der Waals surface area contributed by atoms with E-state index in [1.807, 2.05) is 30.9 Å². The minimum atomic E-state index is -5.02. The second-order valence-corrected chi connectivity index (χ2v) is 20.1. The molecule has 1 aliphatic carbocycles. The molecule has 63 heavy (non-hydrogen) atoms. The third-order valence-electron chi connectivity index (χ3n) is 11.3. The Kier molecular flexibility index (Phi) is 13.0. The number of fused-ring (bicyclic) bond motifs is 1. The van der Waals surface area contributed by atoms with Gasteiger partial charge in [-0.1, -0.05) is 40.7 Å². The average molecular weight is 918 g/mol. The molecule has 3 N–H and O–H groups in total. The average Bonchev–Trinajstić information content (AvgIpc) is 3.47. The van der Waals surface area contributed by atoms with Gasteiger partial charge in [-0.25, -0.2) is 19.1 Å². The highest BCUT2D eigenvalue weighted by molar-refractivity contribution is 7.87. The number of methoxy groups -OCH3 is 1. The molecular formula is C43H51F4N7O7S2. The molecule has 1 aliphatic heterocycles. The van der Waals surface area contributed by atoms with Crippen molar-refractivity contribution in [3.05, 3.63) is 77.1 Å². The van der Waals surface area contributed by atoms with E-state index in [0.717, 1.165) is 21.6 Å². The van der Waals surface area contributed by atoms with Gasteiger partial charge in [-0.05, 0) is 55.0 Å². The van der Waals surface area contributed by atoms with Crippen molar-refractivity contribution in [2.75, 3.05) is 33.1 Å². The number of alkyl halides is 3. The van der Waals surface area contributed by atoms with Crippen molar-refractivity contribution < 1.29 is 49.8 Å². The first-order chi connectivity index (χ1) is 29.3. The molecule has 1 saturated carbocycles. The monoisotopic (exact) mass is 917 g/mol. The Bertz CT molecular complexity index is 2560. The maximum Gasteiger partial charge on any atom is 0.419 e. The molecule has 0 radical (unpaired) electrons. The zero-order valence-electron chi connectivity index (χ0n) is 36.3. The molecule has 4 aromatic rings. The third-order valence-corrected chi connectivity index (χ3v) is 13.6. The number of hydrogen-bond donors (Lipinski definition) is 3. The van der Waals surface area contributed by atoms with Crippen LogP contribution < -0.4 is 24.8 Å². The Balaban J connectivity index is 1.41. The summed E-state index contributed by atoms with van der Waals surface area (Å²) in [6, 6.07) is 4.95. The highest BCUT2D eigenvalue weighted by Gasteiger charge is 2.61. The van der Waals surface area contributed by atoms with Crippen molar-refractivity contribution in [2.45, 2.75) is 90.2 Å². The number of nitrogens with zero attached hydrogens (tertiary/aromatic N) is 4. The topological polar surface area (TPSA) is 172 Å². The maximum absolute atomic E-state index is 14.9. The second-order valence-electron chi connectivity index (χ2n) is 17.4. The number of likely N-dealkylation sites (tertiary alicyclic amines) is 1. The summed E-state index contributed by atoms with van der Waals surface area (Å²) < 4.78 is 96.2. The lowest BCUT2D eigenvalue weighted by Gasteiger charge is -2.36. The molecular weight excluding hydrogens is 867 g/mol. The molecule has 5 atom stereocenters. The molecule has 3 amide bonds. The number of thiazole rings is 1. The Labute approximate surface area is 367 Å². The molecule has 2 aromatic carbocycles. The smallest absolute Gasteiger partial charge is 0.419 e. The summed E-state index contributed by atoms with van der Waals surface area (Å²) in [5, 5.41) is 8.75. The van der Waals surface area contributed by atoms with Crippen LogP contribution in [-0.2, 0) is 30.8 Å². The molecule has 2 aliphatic rings. The van der Waals surface area contributed by atoms with Gasteiger partial charge in [0.2, 0.25) is 11.8 Å². The summed E-state index contributed by atoms with van der Waals surface area (Å²) in [6.07, 6.45) is -4.61. The van der Waals surface area contributed by atoms with Crippen LogP contribution in [0.5, 0.6) is 11.5 Å². The van der Waals surface area contributed by atoms with E-state index >= 15 is 0 Å². The number of pyridine rings is 1. The van der Waals surface area contributed by atoms with Gasteiger partial charge in [0, 0.05) is 54.5 Å². The molecule has 2 fully saturated rings. The molecule has 0 unspecified atom stereocenters. The number of anilines is 1. The van der Waals surface area contributed by atoms with Crippen LogP contribution in [0.2, 0.25) is 0 Å². The van der Waals surface area contributed by atoms with Crippen LogP contribution in [0.4, 0.5) is 23.2 Å². The quantitative estimate of drug-likeness (QED) is 0.0902. The van der Waals surface area contributed by atoms with Crippen molar-refractivity contribution in [3.8, 4) is 22.2 Å². The standard InChI is InChI=1S/C43H51F4N7O7S2/c1-11-24-19-42(24,40(57)52-63(58,59)53(8)9)51-37(55)32-17-26(20-54(32)39(56)36(41(5,6)7)48-25-12-14-29(44)28(16-25)43(45,46)47)61-34-18-30(38-50-31(21-62-38)22(2)3)49-35-23(4)33(60-10)15-13-27(34)35/h11-16,18,21-22,24,26,32,36,48H,1,17,19-20H2,2-10H3,(H,51,55)(H,52,57)/t24-,26-,32+,36-,42-/m1/s1. The first kappa shape index (κ1) is 47.1. The molecule has 14 nitrogen and oxygen atoms in total. The summed E-state index contributed by atoms with van der Waals surface area (Å²) in [5.74, 6) is -3.59. The van der Waals surface area contributed by atoms with Crippen LogP contribution in [0.15, 0.2) is 54.4 Å². The molecule has 340 valence electrons. The molecule has 20 heteroatoms. The lowest BCUT2D eigenvalue weighted by molar-refractivity contribution is -0.141.